The number of nitrogens with zero attached hydrogens (tertiary/aromatic N) is 9. The molecule has 2 N–H and O–H groups in total. The van der Waals surface area contributed by atoms with Crippen LogP contribution in [-0.2, 0) is 18.3 Å². The van der Waals surface area contributed by atoms with Crippen LogP contribution in [0.5, 0.6) is 0 Å². The van der Waals surface area contributed by atoms with Crippen LogP contribution < -0.4 is 5.73 Å². The van der Waals surface area contributed by atoms with Crippen LogP contribution in [-0.4, -0.2) is 59.2 Å². The molecule has 0 saturated carbocycles. The van der Waals surface area contributed by atoms with E-state index in [4.69, 9.17) is 30.4 Å². The van der Waals surface area contributed by atoms with Gasteiger partial charge in [-0.05, 0) is 90.4 Å². The summed E-state index contributed by atoms with van der Waals surface area (Å²) in [4.78, 5) is 13.8. The Morgan fingerprint density at radius 1 is 1.21 bits per heavy atom. The molecule has 0 bridgehead atoms. The van der Waals surface area contributed by atoms with E-state index in [1.54, 1.807) is 16.0 Å². The van der Waals surface area contributed by atoms with E-state index >= 15 is 0 Å². The molecule has 5 aromatic heterocycles. The Kier molecular flexibility index (Phi) is 6.00. The van der Waals surface area contributed by atoms with Crippen molar-refractivity contribution in [2.45, 2.75) is 82.7 Å². The zero-order chi connectivity index (χ0) is 29.5. The molecular formula is C31H34N10OS. The molecule has 1 fully saturated rings. The van der Waals surface area contributed by atoms with Crippen molar-refractivity contribution in [3.05, 3.63) is 51.5 Å². The van der Waals surface area contributed by atoms with E-state index in [0.29, 0.717) is 33.9 Å². The van der Waals surface area contributed by atoms with Crippen LogP contribution in [0.2, 0.25) is 0 Å². The number of nitrogens with two attached hydrogens (primary N) is 1. The molecule has 5 aromatic rings. The molecule has 220 valence electrons. The van der Waals surface area contributed by atoms with Gasteiger partial charge in [-0.15, -0.1) is 11.3 Å². The summed E-state index contributed by atoms with van der Waals surface area (Å²) in [6, 6.07) is 4.88. The first kappa shape index (κ1) is 26.5. The Morgan fingerprint density at radius 2 is 2.05 bits per heavy atom. The Bertz CT molecular complexity index is 1920. The normalized spacial score (nSPS) is 22.6. The fraction of sp³-hybridized carbons (Fsp3) is 0.484. The van der Waals surface area contributed by atoms with Crippen LogP contribution in [0.3, 0.4) is 0 Å². The SMILES string of the molecule is Cc1ccn(-c2nc(-c3noc4c3CCC[C@@]43CCCc4sc(N)c(C#N)c43)nc3c2cnn3[C@@H](C)[C@@H]2CCCN2C)n1. The molecule has 1 spiro atoms. The summed E-state index contributed by atoms with van der Waals surface area (Å²) in [5.41, 5.74) is 11.0. The van der Waals surface area contributed by atoms with E-state index in [2.05, 4.69) is 30.1 Å². The molecule has 0 amide bonds. The number of likely N-dealkylation sites (tertiary alicyclic amines) is 1. The number of nitrogen functional groups attached to an aromatic ring is 1. The van der Waals surface area contributed by atoms with Crippen LogP contribution >= 0.6 is 11.3 Å². The molecule has 0 unspecified atom stereocenters. The van der Waals surface area contributed by atoms with Crippen LogP contribution in [0.15, 0.2) is 23.0 Å². The molecule has 1 aliphatic heterocycles. The largest absolute Gasteiger partial charge is 0.389 e. The van der Waals surface area contributed by atoms with E-state index in [9.17, 15) is 5.26 Å². The first-order valence-electron chi connectivity index (χ1n) is 15.2. The van der Waals surface area contributed by atoms with Crippen molar-refractivity contribution in [2.75, 3.05) is 19.3 Å². The third-order valence-electron chi connectivity index (χ3n) is 9.96. The van der Waals surface area contributed by atoms with Crippen molar-refractivity contribution in [1.29, 1.82) is 5.26 Å². The number of anilines is 1. The maximum atomic E-state index is 10.1. The Labute approximate surface area is 253 Å². The number of nitriles is 1. The molecule has 12 heteroatoms. The highest BCUT2D eigenvalue weighted by Crippen LogP contribution is 2.55. The smallest absolute Gasteiger partial charge is 0.186 e. The molecule has 11 nitrogen and oxygen atoms in total. The number of thiophene rings is 1. The number of rotatable bonds is 4. The van der Waals surface area contributed by atoms with Gasteiger partial charge >= 0.3 is 0 Å². The molecule has 3 aliphatic rings. The number of aryl methyl sites for hydroxylation is 2. The zero-order valence-corrected chi connectivity index (χ0v) is 25.5. The second kappa shape index (κ2) is 9.72. The number of fused-ring (bicyclic) bond motifs is 5. The van der Waals surface area contributed by atoms with Gasteiger partial charge < -0.3 is 15.2 Å². The molecule has 43 heavy (non-hydrogen) atoms. The number of aromatic nitrogens is 7. The third kappa shape index (κ3) is 3.84. The fourth-order valence-electron chi connectivity index (χ4n) is 7.95. The minimum absolute atomic E-state index is 0.128. The maximum absolute atomic E-state index is 10.1. The van der Waals surface area contributed by atoms with Gasteiger partial charge in [0.15, 0.2) is 28.7 Å². The van der Waals surface area contributed by atoms with Crippen molar-refractivity contribution in [1.82, 2.24) is 39.6 Å². The standard InChI is InChI=1S/C31H34N10OS/c1-17-10-14-40(37-17)29-21-16-34-41(18(2)22-8-6-13-39(22)3)30(21)36-28(35-29)25-19-7-4-11-31(26(19)42-38-25)12-5-9-23-24(31)20(15-32)27(33)43-23/h10,14,16,18,22H,4-9,11-13,33H2,1-3H3/t18-,22-,31-/m0/s1. The van der Waals surface area contributed by atoms with Gasteiger partial charge in [-0.1, -0.05) is 5.16 Å². The predicted octanol–water partition coefficient (Wildman–Crippen LogP) is 5.10. The van der Waals surface area contributed by atoms with Gasteiger partial charge in [0.25, 0.3) is 0 Å². The van der Waals surface area contributed by atoms with Crippen LogP contribution in [0.1, 0.15) is 84.5 Å². The van der Waals surface area contributed by atoms with E-state index < -0.39 is 5.41 Å². The lowest BCUT2D eigenvalue weighted by atomic mass is 9.63. The lowest BCUT2D eigenvalue weighted by Gasteiger charge is -2.39. The monoisotopic (exact) mass is 594 g/mol. The van der Waals surface area contributed by atoms with E-state index in [1.807, 2.05) is 30.1 Å². The summed E-state index contributed by atoms with van der Waals surface area (Å²) < 4.78 is 10.1. The molecular weight excluding hydrogens is 560 g/mol. The van der Waals surface area contributed by atoms with Gasteiger partial charge in [-0.2, -0.15) is 15.5 Å². The topological polar surface area (TPSA) is 140 Å². The lowest BCUT2D eigenvalue weighted by molar-refractivity contribution is 0.232. The first-order chi connectivity index (χ1) is 20.9. The number of likely N-dealkylation sites (N-methyl/N-ethyl adjacent to an activating group) is 1. The molecule has 6 heterocycles. The van der Waals surface area contributed by atoms with Crippen molar-refractivity contribution in [3.8, 4) is 23.4 Å². The summed E-state index contributed by atoms with van der Waals surface area (Å²) in [5, 5.41) is 25.7. The second-order valence-electron chi connectivity index (χ2n) is 12.4. The van der Waals surface area contributed by atoms with Crippen LogP contribution in [0.25, 0.3) is 28.4 Å². The van der Waals surface area contributed by atoms with Crippen molar-refractivity contribution in [2.24, 2.45) is 0 Å². The minimum atomic E-state index is -0.402. The van der Waals surface area contributed by atoms with E-state index in [0.717, 1.165) is 85.1 Å². The van der Waals surface area contributed by atoms with E-state index in [-0.39, 0.29) is 6.04 Å². The van der Waals surface area contributed by atoms with Crippen molar-refractivity contribution >= 4 is 27.4 Å². The van der Waals surface area contributed by atoms with Gasteiger partial charge in [0, 0.05) is 22.7 Å². The van der Waals surface area contributed by atoms with E-state index in [1.165, 1.54) is 11.3 Å². The summed E-state index contributed by atoms with van der Waals surface area (Å²) in [6.45, 7) is 5.28. The van der Waals surface area contributed by atoms with Gasteiger partial charge in [-0.25, -0.2) is 19.3 Å². The van der Waals surface area contributed by atoms with Crippen molar-refractivity contribution in [3.63, 3.8) is 0 Å². The molecule has 1 saturated heterocycles. The van der Waals surface area contributed by atoms with Crippen molar-refractivity contribution < 1.29 is 4.52 Å². The average molecular weight is 595 g/mol. The molecule has 0 aromatic carbocycles. The Morgan fingerprint density at radius 3 is 2.79 bits per heavy atom. The highest BCUT2D eigenvalue weighted by molar-refractivity contribution is 7.16. The summed E-state index contributed by atoms with van der Waals surface area (Å²) in [7, 11) is 2.19. The highest BCUT2D eigenvalue weighted by atomic mass is 32.1. The lowest BCUT2D eigenvalue weighted by Crippen LogP contribution is -2.35. The summed E-state index contributed by atoms with van der Waals surface area (Å²) in [6.07, 6.45) is 11.6. The summed E-state index contributed by atoms with van der Waals surface area (Å²) in [5.74, 6) is 2.03. The van der Waals surface area contributed by atoms with Gasteiger partial charge in [0.2, 0.25) is 0 Å². The maximum Gasteiger partial charge on any atom is 0.186 e. The number of hydrogen-bond acceptors (Lipinski definition) is 10. The minimum Gasteiger partial charge on any atom is -0.389 e. The second-order valence-corrected chi connectivity index (χ2v) is 13.5. The first-order valence-corrected chi connectivity index (χ1v) is 16.0. The molecule has 2 aliphatic carbocycles. The molecule has 0 radical (unpaired) electrons. The third-order valence-corrected chi connectivity index (χ3v) is 11.0. The summed E-state index contributed by atoms with van der Waals surface area (Å²) >= 11 is 1.55. The van der Waals surface area contributed by atoms with Crippen LogP contribution in [0, 0.1) is 18.3 Å². The van der Waals surface area contributed by atoms with Gasteiger partial charge in [0.05, 0.1) is 34.3 Å². The molecule has 3 atom stereocenters. The fourth-order valence-corrected chi connectivity index (χ4v) is 9.11. The van der Waals surface area contributed by atoms with Crippen LogP contribution in [0.4, 0.5) is 5.00 Å². The zero-order valence-electron chi connectivity index (χ0n) is 24.7. The highest BCUT2D eigenvalue weighted by Gasteiger charge is 2.49. The van der Waals surface area contributed by atoms with Gasteiger partial charge in [-0.3, -0.25) is 0 Å². The molecule has 8 rings (SSSR count). The van der Waals surface area contributed by atoms with Gasteiger partial charge in [0.1, 0.15) is 11.1 Å². The quantitative estimate of drug-likeness (QED) is 0.301. The average Bonchev–Trinajstić information content (AvgIpc) is 3.83. The Balaban J connectivity index is 1.32. The predicted molar refractivity (Wildman–Crippen MR) is 163 cm³/mol. The Hall–Kier alpha value is -4.08. The number of hydrogen-bond donors (Lipinski definition) is 1.